The van der Waals surface area contributed by atoms with E-state index < -0.39 is 9.84 Å². The molecule has 0 radical (unpaired) electrons. The van der Waals surface area contributed by atoms with Crippen molar-refractivity contribution in [2.45, 2.75) is 39.2 Å². The molecule has 1 aliphatic heterocycles. The van der Waals surface area contributed by atoms with Gasteiger partial charge in [0.05, 0.1) is 11.5 Å². The molecule has 2 aromatic rings. The van der Waals surface area contributed by atoms with E-state index in [4.69, 9.17) is 0 Å². The number of nitrogens with one attached hydrogen (secondary N) is 1. The van der Waals surface area contributed by atoms with E-state index in [0.29, 0.717) is 18.7 Å². The van der Waals surface area contributed by atoms with Crippen molar-refractivity contribution in [3.8, 4) is 0 Å². The number of aromatic amines is 1. The van der Waals surface area contributed by atoms with Crippen LogP contribution in [0.2, 0.25) is 0 Å². The fraction of sp³-hybridized carbons (Fsp3) is 0.500. The number of hydrogen-bond acceptors (Lipinski definition) is 3. The smallest absolute Gasteiger partial charge is 0.270 e. The average Bonchev–Trinajstić information content (AvgIpc) is 3.10. The molecule has 24 heavy (non-hydrogen) atoms. The van der Waals surface area contributed by atoms with Crippen LogP contribution in [0.3, 0.4) is 0 Å². The molecule has 0 bridgehead atoms. The molecule has 1 fully saturated rings. The topological polar surface area (TPSA) is 70.2 Å². The van der Waals surface area contributed by atoms with Crippen molar-refractivity contribution in [2.24, 2.45) is 0 Å². The first kappa shape index (κ1) is 17.0. The molecule has 0 spiro atoms. The van der Waals surface area contributed by atoms with Gasteiger partial charge in [0.15, 0.2) is 9.84 Å². The number of amides is 1. The summed E-state index contributed by atoms with van der Waals surface area (Å²) in [6, 6.07) is 7.68. The molecule has 5 nitrogen and oxygen atoms in total. The molecule has 3 rings (SSSR count). The van der Waals surface area contributed by atoms with Crippen molar-refractivity contribution in [2.75, 3.05) is 18.1 Å². The molecule has 2 heterocycles. The maximum absolute atomic E-state index is 13.0. The van der Waals surface area contributed by atoms with Gasteiger partial charge in [-0.3, -0.25) is 4.79 Å². The predicted molar refractivity (Wildman–Crippen MR) is 96.0 cm³/mol. The molecule has 0 aliphatic carbocycles. The first-order chi connectivity index (χ1) is 11.4. The highest BCUT2D eigenvalue weighted by Gasteiger charge is 2.35. The summed E-state index contributed by atoms with van der Waals surface area (Å²) in [4.78, 5) is 18.0. The summed E-state index contributed by atoms with van der Waals surface area (Å²) < 4.78 is 23.6. The molecule has 1 aromatic heterocycles. The summed E-state index contributed by atoms with van der Waals surface area (Å²) in [7, 11) is -3.02. The van der Waals surface area contributed by atoms with Crippen LogP contribution in [0.5, 0.6) is 0 Å². The summed E-state index contributed by atoms with van der Waals surface area (Å²) >= 11 is 0. The monoisotopic (exact) mass is 348 g/mol. The van der Waals surface area contributed by atoms with Crippen molar-refractivity contribution in [1.29, 1.82) is 0 Å². The van der Waals surface area contributed by atoms with Crippen LogP contribution in [0.25, 0.3) is 10.9 Å². The van der Waals surface area contributed by atoms with Crippen molar-refractivity contribution in [3.63, 3.8) is 0 Å². The van der Waals surface area contributed by atoms with E-state index in [1.807, 2.05) is 31.2 Å². The van der Waals surface area contributed by atoms with Crippen LogP contribution in [-0.2, 0) is 9.84 Å². The number of unbranched alkanes of at least 4 members (excludes halogenated alkanes) is 1. The van der Waals surface area contributed by atoms with E-state index >= 15 is 0 Å². The number of fused-ring (bicyclic) bond motifs is 1. The number of carbonyl (C=O) groups excluding carboxylic acids is 1. The minimum Gasteiger partial charge on any atom is -0.351 e. The SMILES string of the molecule is CCCCN(C(=O)c1cc2ccc(C)cc2[nH]1)C1CCS(=O)(=O)C1. The van der Waals surface area contributed by atoms with Crippen LogP contribution >= 0.6 is 0 Å². The molecule has 130 valence electrons. The number of rotatable bonds is 5. The van der Waals surface area contributed by atoms with Gasteiger partial charge in [-0.1, -0.05) is 25.5 Å². The third-order valence-corrected chi connectivity index (χ3v) is 6.42. The second-order valence-electron chi connectivity index (χ2n) is 6.68. The standard InChI is InChI=1S/C18H24N2O3S/c1-3-4-8-20(15-7-9-24(22,23)12-15)18(21)17-11-14-6-5-13(2)10-16(14)19-17/h5-6,10-11,15,19H,3-4,7-9,12H2,1-2H3. The zero-order valence-corrected chi connectivity index (χ0v) is 15.0. The number of sulfone groups is 1. The van der Waals surface area contributed by atoms with E-state index in [1.165, 1.54) is 0 Å². The van der Waals surface area contributed by atoms with Gasteiger partial charge in [0, 0.05) is 23.5 Å². The molecule has 1 amide bonds. The second-order valence-corrected chi connectivity index (χ2v) is 8.91. The van der Waals surface area contributed by atoms with E-state index in [9.17, 15) is 13.2 Å². The largest absolute Gasteiger partial charge is 0.351 e. The fourth-order valence-electron chi connectivity index (χ4n) is 3.31. The maximum atomic E-state index is 13.0. The van der Waals surface area contributed by atoms with Gasteiger partial charge >= 0.3 is 0 Å². The van der Waals surface area contributed by atoms with Gasteiger partial charge in [-0.15, -0.1) is 0 Å². The lowest BCUT2D eigenvalue weighted by Gasteiger charge is -2.27. The number of benzene rings is 1. The van der Waals surface area contributed by atoms with Gasteiger partial charge in [0.1, 0.15) is 5.69 Å². The molecule has 1 aliphatic rings. The van der Waals surface area contributed by atoms with E-state index in [2.05, 4.69) is 11.9 Å². The van der Waals surface area contributed by atoms with E-state index in [-0.39, 0.29) is 23.5 Å². The van der Waals surface area contributed by atoms with Gasteiger partial charge in [-0.05, 0) is 37.5 Å². The quantitative estimate of drug-likeness (QED) is 0.903. The second kappa shape index (κ2) is 6.59. The third kappa shape index (κ3) is 3.48. The Kier molecular flexibility index (Phi) is 4.67. The highest BCUT2D eigenvalue weighted by molar-refractivity contribution is 7.91. The fourth-order valence-corrected chi connectivity index (χ4v) is 5.04. The molecule has 1 saturated heterocycles. The highest BCUT2D eigenvalue weighted by atomic mass is 32.2. The van der Waals surface area contributed by atoms with Crippen molar-refractivity contribution in [3.05, 3.63) is 35.5 Å². The predicted octanol–water partition coefficient (Wildman–Crippen LogP) is 2.91. The Hall–Kier alpha value is -1.82. The lowest BCUT2D eigenvalue weighted by molar-refractivity contribution is 0.0689. The van der Waals surface area contributed by atoms with E-state index in [0.717, 1.165) is 29.3 Å². The van der Waals surface area contributed by atoms with Crippen LogP contribution in [0.15, 0.2) is 24.3 Å². The summed E-state index contributed by atoms with van der Waals surface area (Å²) in [6.07, 6.45) is 2.38. The zero-order chi connectivity index (χ0) is 17.3. The van der Waals surface area contributed by atoms with Crippen LogP contribution in [-0.4, -0.2) is 48.3 Å². The number of hydrogen-bond donors (Lipinski definition) is 1. The van der Waals surface area contributed by atoms with Crippen molar-refractivity contribution in [1.82, 2.24) is 9.88 Å². The lowest BCUT2D eigenvalue weighted by Crippen LogP contribution is -2.41. The Morgan fingerprint density at radius 3 is 2.79 bits per heavy atom. The molecular weight excluding hydrogens is 324 g/mol. The zero-order valence-electron chi connectivity index (χ0n) is 14.2. The van der Waals surface area contributed by atoms with E-state index in [1.54, 1.807) is 4.90 Å². The summed E-state index contributed by atoms with van der Waals surface area (Å²) in [6.45, 7) is 4.68. The molecule has 1 unspecified atom stereocenters. The molecule has 1 aromatic carbocycles. The summed E-state index contributed by atoms with van der Waals surface area (Å²) in [5, 5.41) is 0.999. The molecule has 1 atom stereocenters. The number of aromatic nitrogens is 1. The molecule has 6 heteroatoms. The molecule has 0 saturated carbocycles. The Balaban J connectivity index is 1.89. The van der Waals surface area contributed by atoms with Crippen molar-refractivity contribution >= 4 is 26.6 Å². The Morgan fingerprint density at radius 1 is 1.33 bits per heavy atom. The molecular formula is C18H24N2O3S. The van der Waals surface area contributed by atoms with Gasteiger partial charge in [0.2, 0.25) is 0 Å². The molecule has 1 N–H and O–H groups in total. The first-order valence-electron chi connectivity index (χ1n) is 8.50. The van der Waals surface area contributed by atoms with Crippen LogP contribution in [0, 0.1) is 6.92 Å². The van der Waals surface area contributed by atoms with Gasteiger partial charge in [0.25, 0.3) is 5.91 Å². The lowest BCUT2D eigenvalue weighted by atomic mass is 10.1. The third-order valence-electron chi connectivity index (χ3n) is 4.67. The minimum atomic E-state index is -3.02. The Bertz CT molecular complexity index is 854. The van der Waals surface area contributed by atoms with Crippen LogP contribution < -0.4 is 0 Å². The summed E-state index contributed by atoms with van der Waals surface area (Å²) in [5.74, 6) is 0.167. The number of aryl methyl sites for hydroxylation is 1. The highest BCUT2D eigenvalue weighted by Crippen LogP contribution is 2.23. The van der Waals surface area contributed by atoms with Crippen LogP contribution in [0.1, 0.15) is 42.2 Å². The average molecular weight is 348 g/mol. The summed E-state index contributed by atoms with van der Waals surface area (Å²) in [5.41, 5.74) is 2.61. The minimum absolute atomic E-state index is 0.0851. The Morgan fingerprint density at radius 2 is 2.12 bits per heavy atom. The van der Waals surface area contributed by atoms with Gasteiger partial charge < -0.3 is 9.88 Å². The van der Waals surface area contributed by atoms with Crippen LogP contribution in [0.4, 0.5) is 0 Å². The maximum Gasteiger partial charge on any atom is 0.270 e. The van der Waals surface area contributed by atoms with Crippen molar-refractivity contribution < 1.29 is 13.2 Å². The number of nitrogens with zero attached hydrogens (tertiary/aromatic N) is 1. The Labute approximate surface area is 143 Å². The normalized spacial score (nSPS) is 19.7. The number of carbonyl (C=O) groups is 1. The number of H-pyrrole nitrogens is 1. The van der Waals surface area contributed by atoms with Gasteiger partial charge in [-0.2, -0.15) is 0 Å². The van der Waals surface area contributed by atoms with Gasteiger partial charge in [-0.25, -0.2) is 8.42 Å². The first-order valence-corrected chi connectivity index (χ1v) is 10.3.